The maximum atomic E-state index is 6.04. The van der Waals surface area contributed by atoms with Crippen LogP contribution < -0.4 is 0 Å². The average Bonchev–Trinajstić information content (AvgIpc) is 2.98. The normalized spacial score (nSPS) is 11.3. The third-order valence-electron chi connectivity index (χ3n) is 3.37. The van der Waals surface area contributed by atoms with Crippen molar-refractivity contribution in [1.29, 1.82) is 0 Å². The molecule has 0 aliphatic carbocycles. The molecule has 0 atom stereocenters. The number of halogens is 1. The molecule has 0 amide bonds. The highest BCUT2D eigenvalue weighted by atomic mass is 35.5. The Morgan fingerprint density at radius 3 is 2.80 bits per heavy atom. The summed E-state index contributed by atoms with van der Waals surface area (Å²) in [4.78, 5) is 9.01. The summed E-state index contributed by atoms with van der Waals surface area (Å²) in [6.45, 7) is 2.74. The number of aromatic nitrogens is 5. The van der Waals surface area contributed by atoms with Gasteiger partial charge >= 0.3 is 0 Å². The first-order valence-corrected chi connectivity index (χ1v) is 7.15. The maximum absolute atomic E-state index is 6.04. The van der Waals surface area contributed by atoms with E-state index in [0.29, 0.717) is 12.4 Å². The zero-order valence-corrected chi connectivity index (χ0v) is 12.3. The monoisotopic (exact) mass is 289 g/mol. The molecule has 0 bridgehead atoms. The number of imidazole rings is 1. The van der Waals surface area contributed by atoms with Crippen molar-refractivity contribution in [1.82, 2.24) is 24.3 Å². The lowest BCUT2D eigenvalue weighted by molar-refractivity contribution is 0.690. The van der Waals surface area contributed by atoms with Crippen LogP contribution in [0.2, 0.25) is 0 Å². The Morgan fingerprint density at radius 2 is 2.15 bits per heavy atom. The van der Waals surface area contributed by atoms with E-state index in [9.17, 15) is 0 Å². The van der Waals surface area contributed by atoms with Crippen molar-refractivity contribution in [2.24, 2.45) is 7.05 Å². The van der Waals surface area contributed by atoms with E-state index in [-0.39, 0.29) is 0 Å². The number of hydrogen-bond donors (Lipinski definition) is 0. The molecule has 3 rings (SSSR count). The predicted molar refractivity (Wildman–Crippen MR) is 78.8 cm³/mol. The van der Waals surface area contributed by atoms with Gasteiger partial charge in [-0.2, -0.15) is 5.10 Å². The van der Waals surface area contributed by atoms with Gasteiger partial charge in [0.25, 0.3) is 0 Å². The van der Waals surface area contributed by atoms with Gasteiger partial charge < -0.3 is 4.57 Å². The van der Waals surface area contributed by atoms with Gasteiger partial charge in [-0.15, -0.1) is 11.6 Å². The van der Waals surface area contributed by atoms with Crippen molar-refractivity contribution in [2.45, 2.75) is 25.8 Å². The fraction of sp³-hybridized carbons (Fsp3) is 0.357. The molecule has 0 aliphatic rings. The van der Waals surface area contributed by atoms with Gasteiger partial charge in [0.15, 0.2) is 5.65 Å². The lowest BCUT2D eigenvalue weighted by Crippen LogP contribution is -2.08. The van der Waals surface area contributed by atoms with E-state index in [1.165, 1.54) is 0 Å². The molecule has 3 aromatic rings. The minimum Gasteiger partial charge on any atom is -0.306 e. The quantitative estimate of drug-likeness (QED) is 0.694. The molecule has 0 fully saturated rings. The molecule has 0 saturated heterocycles. The van der Waals surface area contributed by atoms with Gasteiger partial charge in [0.1, 0.15) is 11.3 Å². The fourth-order valence-corrected chi connectivity index (χ4v) is 2.65. The molecule has 0 saturated carbocycles. The van der Waals surface area contributed by atoms with Gasteiger partial charge in [0.05, 0.1) is 23.8 Å². The second-order valence-corrected chi connectivity index (χ2v) is 4.93. The molecule has 104 valence electrons. The summed E-state index contributed by atoms with van der Waals surface area (Å²) in [5.41, 5.74) is 3.94. The smallest absolute Gasteiger partial charge is 0.159 e. The molecular weight excluding hydrogens is 274 g/mol. The highest BCUT2D eigenvalue weighted by Crippen LogP contribution is 2.21. The Labute approximate surface area is 122 Å². The molecular formula is C14H16ClN5. The lowest BCUT2D eigenvalue weighted by Gasteiger charge is -2.07. The number of nitrogens with zero attached hydrogens (tertiary/aromatic N) is 5. The van der Waals surface area contributed by atoms with Crippen LogP contribution in [0, 0.1) is 0 Å². The van der Waals surface area contributed by atoms with Crippen molar-refractivity contribution in [2.75, 3.05) is 0 Å². The van der Waals surface area contributed by atoms with Crippen molar-refractivity contribution >= 4 is 22.8 Å². The molecule has 3 heterocycles. The molecule has 0 N–H and O–H groups in total. The highest BCUT2D eigenvalue weighted by molar-refractivity contribution is 6.16. The summed E-state index contributed by atoms with van der Waals surface area (Å²) in [7, 11) is 1.94. The van der Waals surface area contributed by atoms with E-state index >= 15 is 0 Å². The lowest BCUT2D eigenvalue weighted by atomic mass is 10.3. The summed E-state index contributed by atoms with van der Waals surface area (Å²) in [5.74, 6) is 1.24. The first-order chi connectivity index (χ1) is 9.74. The van der Waals surface area contributed by atoms with Gasteiger partial charge in [0, 0.05) is 13.2 Å². The zero-order chi connectivity index (χ0) is 14.1. The van der Waals surface area contributed by atoms with Crippen molar-refractivity contribution in [3.05, 3.63) is 41.6 Å². The van der Waals surface area contributed by atoms with E-state index in [2.05, 4.69) is 26.6 Å². The third kappa shape index (κ3) is 2.08. The molecule has 0 aliphatic heterocycles. The average molecular weight is 290 g/mol. The predicted octanol–water partition coefficient (Wildman–Crippen LogP) is 2.51. The largest absolute Gasteiger partial charge is 0.306 e. The second kappa shape index (κ2) is 5.25. The Balaban J connectivity index is 2.15. The Morgan fingerprint density at radius 1 is 1.30 bits per heavy atom. The SMILES string of the molecule is CCc1nn(C)c2c1nc(CCl)n2Cc1ccccn1. The van der Waals surface area contributed by atoms with Crippen LogP contribution in [0.4, 0.5) is 0 Å². The fourth-order valence-electron chi connectivity index (χ4n) is 2.45. The van der Waals surface area contributed by atoms with Crippen molar-refractivity contribution in [3.63, 3.8) is 0 Å². The van der Waals surface area contributed by atoms with Crippen LogP contribution >= 0.6 is 11.6 Å². The van der Waals surface area contributed by atoms with Gasteiger partial charge in [-0.05, 0) is 18.6 Å². The van der Waals surface area contributed by atoms with Crippen LogP contribution in [-0.4, -0.2) is 24.3 Å². The number of hydrogen-bond acceptors (Lipinski definition) is 3. The van der Waals surface area contributed by atoms with Crippen LogP contribution in [0.15, 0.2) is 24.4 Å². The van der Waals surface area contributed by atoms with Crippen LogP contribution in [0.1, 0.15) is 24.1 Å². The third-order valence-corrected chi connectivity index (χ3v) is 3.61. The zero-order valence-electron chi connectivity index (χ0n) is 11.5. The van der Waals surface area contributed by atoms with E-state index in [4.69, 9.17) is 11.6 Å². The standard InChI is InChI=1S/C14H16ClN5/c1-3-11-13-14(19(2)18-11)20(12(8-15)17-13)9-10-6-4-5-7-16-10/h4-7H,3,8-9H2,1-2H3. The van der Waals surface area contributed by atoms with Crippen LogP contribution in [-0.2, 0) is 25.9 Å². The Bertz CT molecular complexity index is 729. The minimum absolute atomic E-state index is 0.380. The summed E-state index contributed by atoms with van der Waals surface area (Å²) < 4.78 is 3.97. The molecule has 5 nitrogen and oxygen atoms in total. The second-order valence-electron chi connectivity index (χ2n) is 4.66. The topological polar surface area (TPSA) is 48.5 Å². The van der Waals surface area contributed by atoms with Gasteiger partial charge in [-0.3, -0.25) is 9.67 Å². The molecule has 0 aromatic carbocycles. The number of pyridine rings is 1. The summed E-state index contributed by atoms with van der Waals surface area (Å²) in [5, 5.41) is 4.52. The number of alkyl halides is 1. The summed E-state index contributed by atoms with van der Waals surface area (Å²) >= 11 is 6.04. The summed E-state index contributed by atoms with van der Waals surface area (Å²) in [6, 6.07) is 5.90. The molecule has 3 aromatic heterocycles. The minimum atomic E-state index is 0.380. The van der Waals surface area contributed by atoms with E-state index < -0.39 is 0 Å². The van der Waals surface area contributed by atoms with E-state index in [1.807, 2.05) is 29.9 Å². The first kappa shape index (κ1) is 13.1. The Hall–Kier alpha value is -1.88. The molecule has 6 heteroatoms. The Kier molecular flexibility index (Phi) is 3.44. The first-order valence-electron chi connectivity index (χ1n) is 6.61. The maximum Gasteiger partial charge on any atom is 0.159 e. The van der Waals surface area contributed by atoms with Gasteiger partial charge in [-0.1, -0.05) is 13.0 Å². The van der Waals surface area contributed by atoms with Crippen LogP contribution in [0.25, 0.3) is 11.2 Å². The van der Waals surface area contributed by atoms with Crippen molar-refractivity contribution in [3.8, 4) is 0 Å². The highest BCUT2D eigenvalue weighted by Gasteiger charge is 2.18. The molecule has 0 spiro atoms. The molecule has 20 heavy (non-hydrogen) atoms. The van der Waals surface area contributed by atoms with E-state index in [1.54, 1.807) is 6.20 Å². The van der Waals surface area contributed by atoms with E-state index in [0.717, 1.165) is 34.8 Å². The summed E-state index contributed by atoms with van der Waals surface area (Å²) in [6.07, 6.45) is 2.66. The van der Waals surface area contributed by atoms with Crippen molar-refractivity contribution < 1.29 is 0 Å². The van der Waals surface area contributed by atoms with Gasteiger partial charge in [-0.25, -0.2) is 4.98 Å². The van der Waals surface area contributed by atoms with Crippen LogP contribution in [0.3, 0.4) is 0 Å². The molecule has 0 radical (unpaired) electrons. The number of rotatable bonds is 4. The van der Waals surface area contributed by atoms with Gasteiger partial charge in [0.2, 0.25) is 0 Å². The van der Waals surface area contributed by atoms with Crippen LogP contribution in [0.5, 0.6) is 0 Å². The number of fused-ring (bicyclic) bond motifs is 1. The number of aryl methyl sites for hydroxylation is 2. The molecule has 0 unspecified atom stereocenters.